The minimum atomic E-state index is -1.50. The molecule has 0 spiro atoms. The number of imidazole rings is 1. The van der Waals surface area contributed by atoms with Crippen LogP contribution in [0.4, 0.5) is 0 Å². The van der Waals surface area contributed by atoms with Gasteiger partial charge in [0.15, 0.2) is 0 Å². The van der Waals surface area contributed by atoms with E-state index in [4.69, 9.17) is 5.73 Å². The first-order valence-corrected chi connectivity index (χ1v) is 10.2. The van der Waals surface area contributed by atoms with Crippen molar-refractivity contribution in [1.29, 1.82) is 0 Å². The molecule has 1 rings (SSSR count). The second-order valence-corrected chi connectivity index (χ2v) is 7.57. The van der Waals surface area contributed by atoms with Crippen molar-refractivity contribution in [2.75, 3.05) is 6.61 Å². The van der Waals surface area contributed by atoms with Gasteiger partial charge < -0.3 is 42.0 Å². The molecule has 180 valence electrons. The molecule has 0 bridgehead atoms. The van der Waals surface area contributed by atoms with Gasteiger partial charge in [0.1, 0.15) is 18.1 Å². The standard InChI is InChI=1S/C19H32N6O7/c1-4-9(2)14(19(31)32)24-17(29)13(7-26)23-18(30)15(10(3)27)25-16(28)12(20)5-11-6-21-8-22-11/h6,8-10,12-15,26-27H,4-5,7,20H2,1-3H3,(H,21,22)(H,23,30)(H,24,29)(H,25,28)(H,31,32). The molecule has 1 aromatic rings. The van der Waals surface area contributed by atoms with Crippen LogP contribution in [0.5, 0.6) is 0 Å². The number of aromatic amines is 1. The molecule has 0 saturated heterocycles. The molecule has 1 heterocycles. The molecule has 9 N–H and O–H groups in total. The number of carbonyl (C=O) groups is 4. The number of carboxylic acid groups (broad SMARTS) is 1. The van der Waals surface area contributed by atoms with E-state index in [1.807, 2.05) is 0 Å². The van der Waals surface area contributed by atoms with Crippen LogP contribution < -0.4 is 21.7 Å². The summed E-state index contributed by atoms with van der Waals surface area (Å²) in [6.07, 6.45) is 2.13. The number of aromatic nitrogens is 2. The maximum atomic E-state index is 12.6. The van der Waals surface area contributed by atoms with Crippen molar-refractivity contribution in [2.45, 2.75) is 63.9 Å². The number of amides is 3. The summed E-state index contributed by atoms with van der Waals surface area (Å²) in [5, 5.41) is 35.6. The lowest BCUT2D eigenvalue weighted by Gasteiger charge is -2.26. The average molecular weight is 457 g/mol. The summed E-state index contributed by atoms with van der Waals surface area (Å²) in [4.78, 5) is 55.4. The molecular formula is C19H32N6O7. The summed E-state index contributed by atoms with van der Waals surface area (Å²) < 4.78 is 0. The first kappa shape index (κ1) is 27.0. The van der Waals surface area contributed by atoms with Crippen molar-refractivity contribution >= 4 is 23.7 Å². The van der Waals surface area contributed by atoms with Gasteiger partial charge in [-0.15, -0.1) is 0 Å². The summed E-state index contributed by atoms with van der Waals surface area (Å²) in [7, 11) is 0. The van der Waals surface area contributed by atoms with E-state index in [2.05, 4.69) is 25.9 Å². The van der Waals surface area contributed by atoms with Crippen molar-refractivity contribution in [2.24, 2.45) is 11.7 Å². The lowest BCUT2D eigenvalue weighted by Crippen LogP contribution is -2.61. The molecule has 0 saturated carbocycles. The Morgan fingerprint density at radius 1 is 1.09 bits per heavy atom. The number of aliphatic carboxylic acids is 1. The SMILES string of the molecule is CCC(C)C(NC(=O)C(CO)NC(=O)C(NC(=O)C(N)Cc1cnc[nH]1)C(C)O)C(=O)O. The van der Waals surface area contributed by atoms with E-state index in [1.54, 1.807) is 13.8 Å². The second-order valence-electron chi connectivity index (χ2n) is 7.57. The topological polar surface area (TPSA) is 220 Å². The van der Waals surface area contributed by atoms with E-state index >= 15 is 0 Å². The Labute approximate surface area is 185 Å². The van der Waals surface area contributed by atoms with Crippen LogP contribution in [-0.4, -0.2) is 85.9 Å². The number of carboxylic acids is 1. The van der Waals surface area contributed by atoms with Gasteiger partial charge in [0.2, 0.25) is 17.7 Å². The fourth-order valence-electron chi connectivity index (χ4n) is 2.78. The van der Waals surface area contributed by atoms with E-state index in [0.717, 1.165) is 0 Å². The quantitative estimate of drug-likeness (QED) is 0.154. The van der Waals surface area contributed by atoms with Crippen LogP contribution in [0.1, 0.15) is 32.9 Å². The summed E-state index contributed by atoms with van der Waals surface area (Å²) in [5.74, 6) is -4.25. The predicted molar refractivity (Wildman–Crippen MR) is 112 cm³/mol. The van der Waals surface area contributed by atoms with Gasteiger partial charge >= 0.3 is 5.97 Å². The number of nitrogens with one attached hydrogen (secondary N) is 4. The maximum Gasteiger partial charge on any atom is 0.326 e. The normalized spacial score (nSPS) is 16.7. The zero-order valence-electron chi connectivity index (χ0n) is 18.2. The van der Waals surface area contributed by atoms with Gasteiger partial charge in [-0.3, -0.25) is 14.4 Å². The summed E-state index contributed by atoms with van der Waals surface area (Å²) in [6, 6.07) is -5.23. The Balaban J connectivity index is 2.80. The highest BCUT2D eigenvalue weighted by molar-refractivity contribution is 5.94. The van der Waals surface area contributed by atoms with Crippen LogP contribution >= 0.6 is 0 Å². The molecule has 3 amide bonds. The molecule has 0 fully saturated rings. The predicted octanol–water partition coefficient (Wildman–Crippen LogP) is -2.76. The number of H-pyrrole nitrogens is 1. The number of aliphatic hydroxyl groups excluding tert-OH is 2. The van der Waals surface area contributed by atoms with Gasteiger partial charge in [0.05, 0.1) is 25.1 Å². The molecule has 0 aliphatic carbocycles. The Morgan fingerprint density at radius 3 is 2.19 bits per heavy atom. The molecule has 13 heteroatoms. The third-order valence-corrected chi connectivity index (χ3v) is 4.99. The zero-order valence-corrected chi connectivity index (χ0v) is 18.2. The molecule has 1 aromatic heterocycles. The minimum Gasteiger partial charge on any atom is -0.480 e. The van der Waals surface area contributed by atoms with Crippen molar-refractivity contribution in [1.82, 2.24) is 25.9 Å². The van der Waals surface area contributed by atoms with E-state index < -0.39 is 66.5 Å². The number of hydrogen-bond acceptors (Lipinski definition) is 8. The molecule has 0 aliphatic heterocycles. The van der Waals surface area contributed by atoms with E-state index in [-0.39, 0.29) is 6.42 Å². The van der Waals surface area contributed by atoms with Gasteiger partial charge in [-0.1, -0.05) is 20.3 Å². The van der Waals surface area contributed by atoms with Gasteiger partial charge in [0, 0.05) is 18.3 Å². The Hall–Kier alpha value is -3.03. The van der Waals surface area contributed by atoms with Gasteiger partial charge in [-0.05, 0) is 12.8 Å². The molecule has 6 atom stereocenters. The first-order chi connectivity index (χ1) is 15.0. The number of rotatable bonds is 13. The molecule has 0 aliphatic rings. The third kappa shape index (κ3) is 7.90. The summed E-state index contributed by atoms with van der Waals surface area (Å²) in [6.45, 7) is 3.81. The van der Waals surface area contributed by atoms with Crippen LogP contribution in [0.15, 0.2) is 12.5 Å². The number of nitrogens with two attached hydrogens (primary N) is 1. The Bertz CT molecular complexity index is 770. The van der Waals surface area contributed by atoms with Crippen LogP contribution in [0, 0.1) is 5.92 Å². The fraction of sp³-hybridized carbons (Fsp3) is 0.632. The van der Waals surface area contributed by atoms with Crippen molar-refractivity contribution < 1.29 is 34.5 Å². The fourth-order valence-corrected chi connectivity index (χ4v) is 2.78. The van der Waals surface area contributed by atoms with Crippen LogP contribution in [-0.2, 0) is 25.6 Å². The number of carbonyl (C=O) groups excluding carboxylic acids is 3. The lowest BCUT2D eigenvalue weighted by molar-refractivity contribution is -0.144. The minimum absolute atomic E-state index is 0.105. The molecular weight excluding hydrogens is 424 g/mol. The summed E-state index contributed by atoms with van der Waals surface area (Å²) in [5.41, 5.74) is 6.42. The van der Waals surface area contributed by atoms with Crippen LogP contribution in [0.2, 0.25) is 0 Å². The number of nitrogens with zero attached hydrogens (tertiary/aromatic N) is 1. The second kappa shape index (κ2) is 12.7. The van der Waals surface area contributed by atoms with Crippen molar-refractivity contribution in [3.63, 3.8) is 0 Å². The smallest absolute Gasteiger partial charge is 0.326 e. The number of hydrogen-bond donors (Lipinski definition) is 8. The maximum absolute atomic E-state index is 12.6. The molecule has 32 heavy (non-hydrogen) atoms. The highest BCUT2D eigenvalue weighted by Gasteiger charge is 2.33. The highest BCUT2D eigenvalue weighted by atomic mass is 16.4. The molecule has 0 aromatic carbocycles. The largest absolute Gasteiger partial charge is 0.480 e. The molecule has 6 unspecified atom stereocenters. The van der Waals surface area contributed by atoms with Crippen LogP contribution in [0.25, 0.3) is 0 Å². The third-order valence-electron chi connectivity index (χ3n) is 4.99. The van der Waals surface area contributed by atoms with Crippen molar-refractivity contribution in [3.05, 3.63) is 18.2 Å². The zero-order chi connectivity index (χ0) is 24.4. The Kier molecular flexibility index (Phi) is 10.7. The van der Waals surface area contributed by atoms with Crippen LogP contribution in [0.3, 0.4) is 0 Å². The highest BCUT2D eigenvalue weighted by Crippen LogP contribution is 2.08. The van der Waals surface area contributed by atoms with Crippen molar-refractivity contribution in [3.8, 4) is 0 Å². The summed E-state index contributed by atoms with van der Waals surface area (Å²) >= 11 is 0. The van der Waals surface area contributed by atoms with Gasteiger partial charge in [-0.2, -0.15) is 0 Å². The van der Waals surface area contributed by atoms with E-state index in [1.165, 1.54) is 19.4 Å². The molecule has 0 radical (unpaired) electrons. The first-order valence-electron chi connectivity index (χ1n) is 10.2. The Morgan fingerprint density at radius 2 is 1.72 bits per heavy atom. The molecule has 13 nitrogen and oxygen atoms in total. The van der Waals surface area contributed by atoms with Gasteiger partial charge in [-0.25, -0.2) is 9.78 Å². The van der Waals surface area contributed by atoms with E-state index in [9.17, 15) is 34.5 Å². The average Bonchev–Trinajstić information content (AvgIpc) is 3.25. The number of aliphatic hydroxyl groups is 2. The van der Waals surface area contributed by atoms with Gasteiger partial charge in [0.25, 0.3) is 0 Å². The lowest BCUT2D eigenvalue weighted by atomic mass is 9.99. The monoisotopic (exact) mass is 456 g/mol. The van der Waals surface area contributed by atoms with E-state index in [0.29, 0.717) is 12.1 Å².